The lowest BCUT2D eigenvalue weighted by Gasteiger charge is -2.33. The number of carbonyl (C=O) groups is 2. The van der Waals surface area contributed by atoms with Crippen molar-refractivity contribution >= 4 is 23.2 Å². The highest BCUT2D eigenvalue weighted by atomic mass is 32.1. The lowest BCUT2D eigenvalue weighted by molar-refractivity contribution is -0.136. The first-order chi connectivity index (χ1) is 14.5. The molecule has 2 aliphatic rings. The normalized spacial score (nSPS) is 20.2. The molecule has 0 bridgehead atoms. The van der Waals surface area contributed by atoms with Crippen LogP contribution in [0.3, 0.4) is 0 Å². The second-order valence-corrected chi connectivity index (χ2v) is 10.2. The monoisotopic (exact) mass is 424 g/mol. The second kappa shape index (κ2) is 9.34. The molecule has 1 saturated heterocycles. The van der Waals surface area contributed by atoms with Crippen LogP contribution in [0.15, 0.2) is 41.8 Å². The standard InChI is InChI=1S/C25H32N2O2S/c1-17(2)15-18-7-9-19(10-8-18)23(22-6-4-14-30-22)26-24(28)21-5-3-13-27(16-21)25(29)20-11-12-20/h4,6-10,14,17,20-21,23H,3,5,11-13,15-16H2,1-2H3,(H,26,28). The minimum Gasteiger partial charge on any atom is -0.344 e. The van der Waals surface area contributed by atoms with Crippen LogP contribution in [0, 0.1) is 17.8 Å². The number of thiophene rings is 1. The van der Waals surface area contributed by atoms with E-state index in [1.54, 1.807) is 11.3 Å². The number of piperidine rings is 1. The van der Waals surface area contributed by atoms with Crippen LogP contribution >= 0.6 is 11.3 Å². The van der Waals surface area contributed by atoms with Crippen LogP contribution in [-0.2, 0) is 16.0 Å². The molecular formula is C25H32N2O2S. The molecule has 1 saturated carbocycles. The minimum atomic E-state index is -0.139. The third kappa shape index (κ3) is 5.12. The van der Waals surface area contributed by atoms with Crippen molar-refractivity contribution in [1.82, 2.24) is 10.2 Å². The first kappa shape index (κ1) is 21.1. The van der Waals surface area contributed by atoms with Crippen LogP contribution in [0.25, 0.3) is 0 Å². The molecule has 1 aliphatic carbocycles. The number of amides is 2. The Morgan fingerprint density at radius 1 is 1.10 bits per heavy atom. The average molecular weight is 425 g/mol. The van der Waals surface area contributed by atoms with Gasteiger partial charge in [0.05, 0.1) is 12.0 Å². The Bertz CT molecular complexity index is 856. The molecule has 0 radical (unpaired) electrons. The van der Waals surface area contributed by atoms with Gasteiger partial charge in [0.25, 0.3) is 0 Å². The smallest absolute Gasteiger partial charge is 0.225 e. The van der Waals surface area contributed by atoms with Gasteiger partial charge in [-0.15, -0.1) is 11.3 Å². The van der Waals surface area contributed by atoms with Gasteiger partial charge in [0.15, 0.2) is 0 Å². The van der Waals surface area contributed by atoms with E-state index in [2.05, 4.69) is 54.9 Å². The van der Waals surface area contributed by atoms with Crippen molar-refractivity contribution in [2.24, 2.45) is 17.8 Å². The SMILES string of the molecule is CC(C)Cc1ccc(C(NC(=O)C2CCCN(C(=O)C3CC3)C2)c2cccs2)cc1. The maximum Gasteiger partial charge on any atom is 0.225 e. The molecule has 2 unspecified atom stereocenters. The Balaban J connectivity index is 1.46. The molecule has 2 heterocycles. The van der Waals surface area contributed by atoms with Crippen LogP contribution in [-0.4, -0.2) is 29.8 Å². The van der Waals surface area contributed by atoms with Crippen LogP contribution in [0.4, 0.5) is 0 Å². The van der Waals surface area contributed by atoms with Crippen molar-refractivity contribution in [1.29, 1.82) is 0 Å². The molecule has 1 aliphatic heterocycles. The highest BCUT2D eigenvalue weighted by Crippen LogP contribution is 2.33. The first-order valence-electron chi connectivity index (χ1n) is 11.2. The number of rotatable bonds is 7. The molecule has 0 spiro atoms. The van der Waals surface area contributed by atoms with Crippen molar-refractivity contribution in [2.45, 2.75) is 52.0 Å². The Labute approximate surface area is 183 Å². The van der Waals surface area contributed by atoms with Gasteiger partial charge < -0.3 is 10.2 Å². The molecule has 1 aromatic heterocycles. The maximum absolute atomic E-state index is 13.2. The lowest BCUT2D eigenvalue weighted by atomic mass is 9.95. The summed E-state index contributed by atoms with van der Waals surface area (Å²) in [4.78, 5) is 28.7. The summed E-state index contributed by atoms with van der Waals surface area (Å²) >= 11 is 1.67. The zero-order valence-corrected chi connectivity index (χ0v) is 18.8. The predicted octanol–water partition coefficient (Wildman–Crippen LogP) is 4.80. The van der Waals surface area contributed by atoms with Crippen LogP contribution in [0.1, 0.15) is 61.6 Å². The fourth-order valence-electron chi connectivity index (χ4n) is 4.33. The molecule has 2 fully saturated rings. The van der Waals surface area contributed by atoms with E-state index in [0.717, 1.165) is 49.1 Å². The third-order valence-corrected chi connectivity index (χ3v) is 7.04. The van der Waals surface area contributed by atoms with E-state index in [4.69, 9.17) is 0 Å². The van der Waals surface area contributed by atoms with Crippen LogP contribution < -0.4 is 5.32 Å². The quantitative estimate of drug-likeness (QED) is 0.694. The maximum atomic E-state index is 13.2. The summed E-state index contributed by atoms with van der Waals surface area (Å²) in [6, 6.07) is 12.6. The molecule has 4 rings (SSSR count). The van der Waals surface area contributed by atoms with E-state index in [-0.39, 0.29) is 29.7 Å². The summed E-state index contributed by atoms with van der Waals surface area (Å²) in [5.74, 6) is 1.03. The summed E-state index contributed by atoms with van der Waals surface area (Å²) in [5.41, 5.74) is 2.44. The lowest BCUT2D eigenvalue weighted by Crippen LogP contribution is -2.46. The van der Waals surface area contributed by atoms with Gasteiger partial charge in [0, 0.05) is 23.9 Å². The number of benzene rings is 1. The Hall–Kier alpha value is -2.14. The van der Waals surface area contributed by atoms with Crippen molar-refractivity contribution in [3.05, 3.63) is 57.8 Å². The first-order valence-corrected chi connectivity index (χ1v) is 12.1. The Morgan fingerprint density at radius 3 is 2.50 bits per heavy atom. The average Bonchev–Trinajstić information content (AvgIpc) is 3.46. The van der Waals surface area contributed by atoms with Gasteiger partial charge in [-0.25, -0.2) is 0 Å². The third-order valence-electron chi connectivity index (χ3n) is 6.10. The van der Waals surface area contributed by atoms with E-state index in [1.165, 1.54) is 5.56 Å². The van der Waals surface area contributed by atoms with Crippen molar-refractivity contribution in [3.8, 4) is 0 Å². The summed E-state index contributed by atoms with van der Waals surface area (Å²) in [6.45, 7) is 5.81. The molecule has 5 heteroatoms. The predicted molar refractivity (Wildman–Crippen MR) is 121 cm³/mol. The molecule has 160 valence electrons. The van der Waals surface area contributed by atoms with E-state index in [1.807, 2.05) is 11.0 Å². The summed E-state index contributed by atoms with van der Waals surface area (Å²) in [5, 5.41) is 5.36. The number of likely N-dealkylation sites (tertiary alicyclic amines) is 1. The molecular weight excluding hydrogens is 392 g/mol. The number of carbonyl (C=O) groups excluding carboxylic acids is 2. The highest BCUT2D eigenvalue weighted by Gasteiger charge is 2.37. The molecule has 1 N–H and O–H groups in total. The zero-order valence-electron chi connectivity index (χ0n) is 18.0. The van der Waals surface area contributed by atoms with E-state index in [0.29, 0.717) is 12.5 Å². The van der Waals surface area contributed by atoms with Gasteiger partial charge in [-0.05, 0) is 60.6 Å². The van der Waals surface area contributed by atoms with Gasteiger partial charge >= 0.3 is 0 Å². The van der Waals surface area contributed by atoms with Gasteiger partial charge in [-0.1, -0.05) is 44.2 Å². The summed E-state index contributed by atoms with van der Waals surface area (Å²) < 4.78 is 0. The Kier molecular flexibility index (Phi) is 6.57. The number of nitrogens with zero attached hydrogens (tertiary/aromatic N) is 1. The Morgan fingerprint density at radius 2 is 1.87 bits per heavy atom. The molecule has 2 atom stereocenters. The molecule has 2 amide bonds. The van der Waals surface area contributed by atoms with Crippen LogP contribution in [0.2, 0.25) is 0 Å². The summed E-state index contributed by atoms with van der Waals surface area (Å²) in [7, 11) is 0. The zero-order chi connectivity index (χ0) is 21.1. The fraction of sp³-hybridized carbons (Fsp3) is 0.520. The van der Waals surface area contributed by atoms with Gasteiger partial charge in [-0.3, -0.25) is 9.59 Å². The van der Waals surface area contributed by atoms with E-state index < -0.39 is 0 Å². The largest absolute Gasteiger partial charge is 0.344 e. The number of hydrogen-bond acceptors (Lipinski definition) is 3. The minimum absolute atomic E-state index is 0.0629. The number of nitrogens with one attached hydrogen (secondary N) is 1. The molecule has 1 aromatic carbocycles. The van der Waals surface area contributed by atoms with E-state index in [9.17, 15) is 9.59 Å². The number of hydrogen-bond donors (Lipinski definition) is 1. The van der Waals surface area contributed by atoms with Crippen molar-refractivity contribution < 1.29 is 9.59 Å². The topological polar surface area (TPSA) is 49.4 Å². The van der Waals surface area contributed by atoms with Gasteiger partial charge in [-0.2, -0.15) is 0 Å². The van der Waals surface area contributed by atoms with Crippen molar-refractivity contribution in [3.63, 3.8) is 0 Å². The van der Waals surface area contributed by atoms with E-state index >= 15 is 0 Å². The fourth-order valence-corrected chi connectivity index (χ4v) is 5.13. The molecule has 30 heavy (non-hydrogen) atoms. The molecule has 2 aromatic rings. The highest BCUT2D eigenvalue weighted by molar-refractivity contribution is 7.10. The molecule has 4 nitrogen and oxygen atoms in total. The van der Waals surface area contributed by atoms with Gasteiger partial charge in [0.1, 0.15) is 0 Å². The van der Waals surface area contributed by atoms with Gasteiger partial charge in [0.2, 0.25) is 11.8 Å². The summed E-state index contributed by atoms with van der Waals surface area (Å²) in [6.07, 6.45) is 4.84. The van der Waals surface area contributed by atoms with Crippen LogP contribution in [0.5, 0.6) is 0 Å². The second-order valence-electron chi connectivity index (χ2n) is 9.19. The van der Waals surface area contributed by atoms with Crippen molar-refractivity contribution in [2.75, 3.05) is 13.1 Å².